The molecule has 7 nitrogen and oxygen atoms in total. The van der Waals surface area contributed by atoms with Crippen molar-refractivity contribution in [2.24, 2.45) is 0 Å². The Hall–Kier alpha value is -4.18. The molecule has 0 atom stereocenters. The average molecular weight is 372 g/mol. The number of nitriles is 1. The maximum atomic E-state index is 12.5. The maximum absolute atomic E-state index is 12.5. The number of nitrogens with zero attached hydrogens (tertiary/aromatic N) is 2. The Balaban J connectivity index is 1.80. The molecule has 0 aliphatic heterocycles. The van der Waals surface area contributed by atoms with Crippen molar-refractivity contribution in [3.8, 4) is 6.07 Å². The van der Waals surface area contributed by atoms with Gasteiger partial charge in [0, 0.05) is 17.6 Å². The van der Waals surface area contributed by atoms with Gasteiger partial charge in [-0.1, -0.05) is 18.2 Å². The third kappa shape index (κ3) is 4.31. The van der Waals surface area contributed by atoms with Gasteiger partial charge < -0.3 is 15.4 Å². The Morgan fingerprint density at radius 2 is 1.86 bits per heavy atom. The fourth-order valence-corrected chi connectivity index (χ4v) is 2.53. The van der Waals surface area contributed by atoms with Gasteiger partial charge in [0.05, 0.1) is 30.0 Å². The second kappa shape index (κ2) is 8.47. The van der Waals surface area contributed by atoms with E-state index in [9.17, 15) is 9.59 Å². The summed E-state index contributed by atoms with van der Waals surface area (Å²) in [7, 11) is 1.31. The van der Waals surface area contributed by atoms with E-state index in [0.717, 1.165) is 0 Å². The summed E-state index contributed by atoms with van der Waals surface area (Å²) in [4.78, 5) is 28.5. The number of carbonyl (C=O) groups is 2. The minimum atomic E-state index is -0.465. The zero-order valence-electron chi connectivity index (χ0n) is 15.0. The number of ether oxygens (including phenoxy) is 1. The number of amides is 1. The molecule has 0 bridgehead atoms. The summed E-state index contributed by atoms with van der Waals surface area (Å²) in [5.74, 6) is -0.882. The number of methoxy groups -OCH3 is 1. The molecular weight excluding hydrogens is 356 g/mol. The average Bonchev–Trinajstić information content (AvgIpc) is 2.74. The molecule has 0 aliphatic rings. The van der Waals surface area contributed by atoms with Crippen molar-refractivity contribution in [1.29, 1.82) is 5.26 Å². The van der Waals surface area contributed by atoms with Crippen molar-refractivity contribution in [3.63, 3.8) is 0 Å². The topological polar surface area (TPSA) is 104 Å². The van der Waals surface area contributed by atoms with Crippen LogP contribution in [0.3, 0.4) is 0 Å². The van der Waals surface area contributed by atoms with E-state index < -0.39 is 11.9 Å². The number of anilines is 3. The lowest BCUT2D eigenvalue weighted by atomic mass is 10.1. The number of hydrogen-bond acceptors (Lipinski definition) is 6. The molecule has 0 spiro atoms. The Bertz CT molecular complexity index is 1070. The lowest BCUT2D eigenvalue weighted by molar-refractivity contribution is 0.0601. The summed E-state index contributed by atoms with van der Waals surface area (Å²) >= 11 is 0. The van der Waals surface area contributed by atoms with E-state index >= 15 is 0 Å². The van der Waals surface area contributed by atoms with Crippen molar-refractivity contribution in [1.82, 2.24) is 4.98 Å². The van der Waals surface area contributed by atoms with E-state index in [4.69, 9.17) is 10.00 Å². The Morgan fingerprint density at radius 1 is 1.04 bits per heavy atom. The number of rotatable bonds is 5. The molecule has 1 amide bonds. The van der Waals surface area contributed by atoms with Gasteiger partial charge in [-0.05, 0) is 42.5 Å². The minimum Gasteiger partial charge on any atom is -0.465 e. The molecule has 28 heavy (non-hydrogen) atoms. The Kier molecular flexibility index (Phi) is 5.63. The molecular formula is C21H16N4O3. The fourth-order valence-electron chi connectivity index (χ4n) is 2.53. The highest BCUT2D eigenvalue weighted by atomic mass is 16.5. The third-order valence-corrected chi connectivity index (χ3v) is 3.85. The molecule has 1 aromatic heterocycles. The third-order valence-electron chi connectivity index (χ3n) is 3.85. The highest BCUT2D eigenvalue weighted by molar-refractivity contribution is 6.03. The van der Waals surface area contributed by atoms with Crippen LogP contribution in [-0.4, -0.2) is 24.0 Å². The first-order valence-corrected chi connectivity index (χ1v) is 8.32. The van der Waals surface area contributed by atoms with E-state index in [2.05, 4.69) is 15.6 Å². The van der Waals surface area contributed by atoms with Gasteiger partial charge in [-0.15, -0.1) is 0 Å². The van der Waals surface area contributed by atoms with Gasteiger partial charge in [0.2, 0.25) is 0 Å². The summed E-state index contributed by atoms with van der Waals surface area (Å²) in [6, 6.07) is 18.8. The van der Waals surface area contributed by atoms with Crippen LogP contribution in [0.25, 0.3) is 0 Å². The Labute approximate surface area is 161 Å². The summed E-state index contributed by atoms with van der Waals surface area (Å²) in [6.07, 6.45) is 1.49. The van der Waals surface area contributed by atoms with Gasteiger partial charge in [0.25, 0.3) is 5.91 Å². The van der Waals surface area contributed by atoms with Crippen molar-refractivity contribution in [3.05, 3.63) is 83.7 Å². The number of esters is 1. The molecule has 0 radical (unpaired) electrons. The lowest BCUT2D eigenvalue weighted by Crippen LogP contribution is -2.14. The van der Waals surface area contributed by atoms with Crippen LogP contribution < -0.4 is 10.6 Å². The van der Waals surface area contributed by atoms with Crippen LogP contribution >= 0.6 is 0 Å². The van der Waals surface area contributed by atoms with Crippen LogP contribution in [0.15, 0.2) is 66.9 Å². The van der Waals surface area contributed by atoms with Gasteiger partial charge in [-0.2, -0.15) is 5.26 Å². The first-order chi connectivity index (χ1) is 13.6. The smallest absolute Gasteiger partial charge is 0.339 e. The molecule has 1 heterocycles. The summed E-state index contributed by atoms with van der Waals surface area (Å²) in [5, 5.41) is 14.8. The standard InChI is InChI=1S/C21H16N4O3/c1-28-21(27)17-7-2-3-8-18(17)24-16-9-10-23-19(12-16)20(26)25-15-6-4-5-14(11-15)13-22/h2-12H,1H3,(H,23,24)(H,25,26). The first-order valence-electron chi connectivity index (χ1n) is 8.32. The molecule has 3 aromatic rings. The van der Waals surface area contributed by atoms with Gasteiger partial charge in [-0.3, -0.25) is 9.78 Å². The number of aromatic nitrogens is 1. The van der Waals surface area contributed by atoms with Crippen molar-refractivity contribution in [2.45, 2.75) is 0 Å². The molecule has 2 aromatic carbocycles. The molecule has 0 aliphatic carbocycles. The minimum absolute atomic E-state index is 0.183. The zero-order valence-corrected chi connectivity index (χ0v) is 15.0. The second-order valence-electron chi connectivity index (χ2n) is 5.74. The number of nitrogens with one attached hydrogen (secondary N) is 2. The molecule has 0 saturated heterocycles. The second-order valence-corrected chi connectivity index (χ2v) is 5.74. The lowest BCUT2D eigenvalue weighted by Gasteiger charge is -2.11. The fraction of sp³-hybridized carbons (Fsp3) is 0.0476. The van der Waals surface area contributed by atoms with E-state index in [-0.39, 0.29) is 5.69 Å². The summed E-state index contributed by atoms with van der Waals surface area (Å²) < 4.78 is 4.78. The molecule has 0 unspecified atom stereocenters. The first kappa shape index (κ1) is 18.6. The van der Waals surface area contributed by atoms with Crippen molar-refractivity contribution >= 4 is 28.9 Å². The van der Waals surface area contributed by atoms with E-state index in [1.807, 2.05) is 6.07 Å². The van der Waals surface area contributed by atoms with Gasteiger partial charge in [0.1, 0.15) is 5.69 Å². The SMILES string of the molecule is COC(=O)c1ccccc1Nc1ccnc(C(=O)Nc2cccc(C#N)c2)c1. The Morgan fingerprint density at radius 3 is 2.64 bits per heavy atom. The maximum Gasteiger partial charge on any atom is 0.339 e. The number of hydrogen-bond donors (Lipinski definition) is 2. The predicted molar refractivity (Wildman–Crippen MR) is 104 cm³/mol. The monoisotopic (exact) mass is 372 g/mol. The van der Waals surface area contributed by atoms with Crippen LogP contribution in [0.1, 0.15) is 26.4 Å². The van der Waals surface area contributed by atoms with Crippen LogP contribution in [0.4, 0.5) is 17.1 Å². The predicted octanol–water partition coefficient (Wildman–Crippen LogP) is 3.74. The number of para-hydroxylation sites is 1. The summed E-state index contributed by atoms with van der Waals surface area (Å²) in [6.45, 7) is 0. The molecule has 0 saturated carbocycles. The van der Waals surface area contributed by atoms with Crippen LogP contribution in [-0.2, 0) is 4.74 Å². The number of pyridine rings is 1. The van der Waals surface area contributed by atoms with Crippen LogP contribution in [0.2, 0.25) is 0 Å². The van der Waals surface area contributed by atoms with Crippen molar-refractivity contribution < 1.29 is 14.3 Å². The number of benzene rings is 2. The molecule has 3 rings (SSSR count). The van der Waals surface area contributed by atoms with E-state index in [0.29, 0.717) is 28.2 Å². The van der Waals surface area contributed by atoms with Gasteiger partial charge >= 0.3 is 5.97 Å². The zero-order chi connectivity index (χ0) is 19.9. The van der Waals surface area contributed by atoms with E-state index in [1.165, 1.54) is 13.3 Å². The highest BCUT2D eigenvalue weighted by Crippen LogP contribution is 2.22. The van der Waals surface area contributed by atoms with Crippen molar-refractivity contribution in [2.75, 3.05) is 17.7 Å². The van der Waals surface area contributed by atoms with Crippen LogP contribution in [0.5, 0.6) is 0 Å². The molecule has 7 heteroatoms. The van der Waals surface area contributed by atoms with Gasteiger partial charge in [-0.25, -0.2) is 4.79 Å². The van der Waals surface area contributed by atoms with Crippen LogP contribution in [0, 0.1) is 11.3 Å². The molecule has 2 N–H and O–H groups in total. The largest absolute Gasteiger partial charge is 0.465 e. The quantitative estimate of drug-likeness (QED) is 0.661. The van der Waals surface area contributed by atoms with Gasteiger partial charge in [0.15, 0.2) is 0 Å². The molecule has 138 valence electrons. The van der Waals surface area contributed by atoms with E-state index in [1.54, 1.807) is 60.7 Å². The summed E-state index contributed by atoms with van der Waals surface area (Å²) in [5.41, 5.74) is 2.64. The normalized spacial score (nSPS) is 9.86. The highest BCUT2D eigenvalue weighted by Gasteiger charge is 2.13. The molecule has 0 fully saturated rings. The number of carbonyl (C=O) groups excluding carboxylic acids is 2.